The third-order valence-corrected chi connectivity index (χ3v) is 1.96. The van der Waals surface area contributed by atoms with Crippen molar-refractivity contribution in [2.75, 3.05) is 11.1 Å². The highest BCUT2D eigenvalue weighted by atomic mass is 16.5. The summed E-state index contributed by atoms with van der Waals surface area (Å²) < 4.78 is 4.86. The van der Waals surface area contributed by atoms with Crippen molar-refractivity contribution in [1.29, 1.82) is 0 Å². The maximum atomic E-state index is 11.7. The number of nitrogens with one attached hydrogen (secondary N) is 1. The molecular formula is C10H10N4O2. The fourth-order valence-corrected chi connectivity index (χ4v) is 1.22. The van der Waals surface area contributed by atoms with Crippen LogP contribution in [0.25, 0.3) is 0 Å². The molecule has 0 radical (unpaired) electrons. The molecule has 16 heavy (non-hydrogen) atoms. The van der Waals surface area contributed by atoms with E-state index in [2.05, 4.69) is 15.5 Å². The molecule has 0 aliphatic rings. The second-order valence-corrected chi connectivity index (χ2v) is 3.25. The fraction of sp³-hybridized carbons (Fsp3) is 0.100. The Morgan fingerprint density at radius 1 is 1.56 bits per heavy atom. The van der Waals surface area contributed by atoms with Crippen LogP contribution >= 0.6 is 0 Å². The molecule has 0 fully saturated rings. The van der Waals surface area contributed by atoms with Gasteiger partial charge in [0.2, 0.25) is 5.88 Å². The van der Waals surface area contributed by atoms with E-state index in [1.165, 1.54) is 18.5 Å². The summed E-state index contributed by atoms with van der Waals surface area (Å²) in [6.45, 7) is 1.76. The van der Waals surface area contributed by atoms with E-state index in [0.717, 1.165) is 0 Å². The molecule has 0 aliphatic heterocycles. The third-order valence-electron chi connectivity index (χ3n) is 1.96. The van der Waals surface area contributed by atoms with E-state index >= 15 is 0 Å². The molecule has 0 saturated heterocycles. The number of pyridine rings is 1. The maximum Gasteiger partial charge on any atom is 0.260 e. The molecule has 3 N–H and O–H groups in total. The predicted octanol–water partition coefficient (Wildman–Crippen LogP) is 1.21. The number of aryl methyl sites for hydroxylation is 1. The van der Waals surface area contributed by atoms with Crippen molar-refractivity contribution in [2.45, 2.75) is 6.92 Å². The minimum Gasteiger partial charge on any atom is -0.397 e. The highest BCUT2D eigenvalue weighted by Crippen LogP contribution is 2.13. The number of amides is 1. The number of nitrogens with two attached hydrogens (primary N) is 1. The van der Waals surface area contributed by atoms with Crippen molar-refractivity contribution in [3.8, 4) is 0 Å². The zero-order valence-electron chi connectivity index (χ0n) is 8.60. The van der Waals surface area contributed by atoms with Gasteiger partial charge in [0.1, 0.15) is 0 Å². The summed E-state index contributed by atoms with van der Waals surface area (Å²) in [7, 11) is 0. The summed E-state index contributed by atoms with van der Waals surface area (Å²) in [5.41, 5.74) is 6.97. The summed E-state index contributed by atoms with van der Waals surface area (Å²) in [5.74, 6) is -0.0604. The third kappa shape index (κ3) is 2.00. The second kappa shape index (κ2) is 4.01. The van der Waals surface area contributed by atoms with Crippen molar-refractivity contribution in [3.63, 3.8) is 0 Å². The fourth-order valence-electron chi connectivity index (χ4n) is 1.22. The molecule has 0 aliphatic carbocycles. The molecule has 2 aromatic rings. The van der Waals surface area contributed by atoms with Crippen LogP contribution in [0.15, 0.2) is 29.0 Å². The Morgan fingerprint density at radius 2 is 2.38 bits per heavy atom. The van der Waals surface area contributed by atoms with E-state index in [0.29, 0.717) is 22.8 Å². The lowest BCUT2D eigenvalue weighted by Crippen LogP contribution is -2.13. The molecule has 0 atom stereocenters. The standard InChI is InChI=1S/C10H10N4O2/c1-6-4-9(16-14-6)13-10(15)7-2-3-12-5-8(7)11/h2-5H,11H2,1H3,(H,13,15). The molecule has 82 valence electrons. The molecule has 0 unspecified atom stereocenters. The van der Waals surface area contributed by atoms with Gasteiger partial charge in [-0.2, -0.15) is 0 Å². The number of carbonyl (C=O) groups excluding carboxylic acids is 1. The number of nitrogen functional groups attached to an aromatic ring is 1. The average molecular weight is 218 g/mol. The van der Waals surface area contributed by atoms with Crippen LogP contribution in [0, 0.1) is 6.92 Å². The highest BCUT2D eigenvalue weighted by Gasteiger charge is 2.11. The first kappa shape index (κ1) is 10.2. The van der Waals surface area contributed by atoms with Gasteiger partial charge in [0.15, 0.2) is 0 Å². The molecule has 6 nitrogen and oxygen atoms in total. The Hall–Kier alpha value is -2.37. The first-order valence-corrected chi connectivity index (χ1v) is 4.61. The summed E-state index contributed by atoms with van der Waals surface area (Å²) in [6, 6.07) is 3.16. The smallest absolute Gasteiger partial charge is 0.260 e. The first-order chi connectivity index (χ1) is 7.66. The zero-order chi connectivity index (χ0) is 11.5. The van der Waals surface area contributed by atoms with Gasteiger partial charge < -0.3 is 10.3 Å². The molecule has 0 aromatic carbocycles. The van der Waals surface area contributed by atoms with E-state index < -0.39 is 0 Å². The van der Waals surface area contributed by atoms with Gasteiger partial charge in [-0.05, 0) is 13.0 Å². The van der Waals surface area contributed by atoms with Crippen LogP contribution in [0.4, 0.5) is 11.6 Å². The topological polar surface area (TPSA) is 94.0 Å². The van der Waals surface area contributed by atoms with Gasteiger partial charge in [0.25, 0.3) is 5.91 Å². The van der Waals surface area contributed by atoms with Crippen molar-refractivity contribution >= 4 is 17.5 Å². The molecule has 0 saturated carbocycles. The van der Waals surface area contributed by atoms with Crippen molar-refractivity contribution in [3.05, 3.63) is 35.8 Å². The van der Waals surface area contributed by atoms with Crippen LogP contribution in [0.3, 0.4) is 0 Å². The minimum absolute atomic E-state index is 0.290. The molecule has 6 heteroatoms. The van der Waals surface area contributed by atoms with Gasteiger partial charge in [-0.15, -0.1) is 0 Å². The number of carbonyl (C=O) groups is 1. The second-order valence-electron chi connectivity index (χ2n) is 3.25. The van der Waals surface area contributed by atoms with E-state index in [-0.39, 0.29) is 5.91 Å². The van der Waals surface area contributed by atoms with Crippen molar-refractivity contribution < 1.29 is 9.32 Å². The quantitative estimate of drug-likeness (QED) is 0.790. The summed E-state index contributed by atoms with van der Waals surface area (Å²) >= 11 is 0. The number of hydrogen-bond acceptors (Lipinski definition) is 5. The number of rotatable bonds is 2. The van der Waals surface area contributed by atoms with Crippen LogP contribution in [0.2, 0.25) is 0 Å². The van der Waals surface area contributed by atoms with Crippen LogP contribution in [-0.2, 0) is 0 Å². The van der Waals surface area contributed by atoms with Crippen molar-refractivity contribution in [2.24, 2.45) is 0 Å². The normalized spacial score (nSPS) is 10.1. The van der Waals surface area contributed by atoms with Gasteiger partial charge in [0, 0.05) is 12.3 Å². The van der Waals surface area contributed by atoms with Gasteiger partial charge >= 0.3 is 0 Å². The molecule has 2 rings (SSSR count). The Morgan fingerprint density at radius 3 is 3.00 bits per heavy atom. The first-order valence-electron chi connectivity index (χ1n) is 4.61. The molecule has 0 bridgehead atoms. The molecule has 2 heterocycles. The summed E-state index contributed by atoms with van der Waals surface area (Å²) in [6.07, 6.45) is 2.91. The monoisotopic (exact) mass is 218 g/mol. The van der Waals surface area contributed by atoms with Crippen LogP contribution < -0.4 is 11.1 Å². The summed E-state index contributed by atoms with van der Waals surface area (Å²) in [4.78, 5) is 15.5. The minimum atomic E-state index is -0.351. The van der Waals surface area contributed by atoms with E-state index in [1.54, 1.807) is 13.0 Å². The van der Waals surface area contributed by atoms with E-state index in [9.17, 15) is 4.79 Å². The van der Waals surface area contributed by atoms with Gasteiger partial charge in [0.05, 0.1) is 23.1 Å². The molecule has 2 aromatic heterocycles. The highest BCUT2D eigenvalue weighted by molar-refractivity contribution is 6.06. The lowest BCUT2D eigenvalue weighted by Gasteiger charge is -2.03. The Labute approximate surface area is 91.5 Å². The van der Waals surface area contributed by atoms with E-state index in [1.807, 2.05) is 0 Å². The van der Waals surface area contributed by atoms with Crippen LogP contribution in [0.5, 0.6) is 0 Å². The maximum absolute atomic E-state index is 11.7. The molecule has 1 amide bonds. The van der Waals surface area contributed by atoms with Gasteiger partial charge in [-0.25, -0.2) is 0 Å². The van der Waals surface area contributed by atoms with Crippen LogP contribution in [0.1, 0.15) is 16.1 Å². The number of anilines is 2. The Bertz CT molecular complexity index is 521. The number of nitrogens with zero attached hydrogens (tertiary/aromatic N) is 2. The SMILES string of the molecule is Cc1cc(NC(=O)c2ccncc2N)on1. The molecular weight excluding hydrogens is 208 g/mol. The van der Waals surface area contributed by atoms with Gasteiger partial charge in [-0.1, -0.05) is 5.16 Å². The van der Waals surface area contributed by atoms with Crippen LogP contribution in [-0.4, -0.2) is 16.0 Å². The largest absolute Gasteiger partial charge is 0.397 e. The lowest BCUT2D eigenvalue weighted by molar-refractivity contribution is 0.102. The van der Waals surface area contributed by atoms with E-state index in [4.69, 9.17) is 10.3 Å². The predicted molar refractivity (Wildman–Crippen MR) is 57.8 cm³/mol. The number of aromatic nitrogens is 2. The Kier molecular flexibility index (Phi) is 2.55. The lowest BCUT2D eigenvalue weighted by atomic mass is 10.2. The Balaban J connectivity index is 2.18. The van der Waals surface area contributed by atoms with Gasteiger partial charge in [-0.3, -0.25) is 15.1 Å². The molecule has 0 spiro atoms. The zero-order valence-corrected chi connectivity index (χ0v) is 8.60. The summed E-state index contributed by atoms with van der Waals surface area (Å²) in [5, 5.41) is 6.20. The number of hydrogen-bond donors (Lipinski definition) is 2. The average Bonchev–Trinajstić information content (AvgIpc) is 2.64. The van der Waals surface area contributed by atoms with Crippen molar-refractivity contribution in [1.82, 2.24) is 10.1 Å².